The van der Waals surface area contributed by atoms with Crippen LogP contribution in [0.2, 0.25) is 0 Å². The highest BCUT2D eigenvalue weighted by Crippen LogP contribution is 2.35. The zero-order valence-corrected chi connectivity index (χ0v) is 20.9. The Bertz CT molecular complexity index is 809. The SMILES string of the molecule is CN=C(NCc1cccc(-c2ncn[nH]2)c1)NCC1(N2CCCCC2)CCCCC1.I. The Morgan fingerprint density at radius 2 is 1.87 bits per heavy atom. The summed E-state index contributed by atoms with van der Waals surface area (Å²) in [6.07, 6.45) is 12.3. The third-order valence-corrected chi connectivity index (χ3v) is 6.70. The fourth-order valence-electron chi connectivity index (χ4n) is 5.01. The Balaban J connectivity index is 0.00000272. The Morgan fingerprint density at radius 3 is 2.58 bits per heavy atom. The summed E-state index contributed by atoms with van der Waals surface area (Å²) in [5.74, 6) is 1.67. The van der Waals surface area contributed by atoms with Gasteiger partial charge in [0.2, 0.25) is 0 Å². The molecule has 0 radical (unpaired) electrons. The number of rotatable bonds is 6. The minimum absolute atomic E-state index is 0. The number of aromatic nitrogens is 3. The Kier molecular flexibility index (Phi) is 9.13. The highest BCUT2D eigenvalue weighted by Gasteiger charge is 2.38. The maximum atomic E-state index is 4.48. The molecule has 2 aromatic rings. The highest BCUT2D eigenvalue weighted by molar-refractivity contribution is 14.0. The number of hydrogen-bond donors (Lipinski definition) is 3. The molecule has 0 atom stereocenters. The van der Waals surface area contributed by atoms with Gasteiger partial charge in [-0.15, -0.1) is 24.0 Å². The second-order valence-electron chi connectivity index (χ2n) is 8.65. The van der Waals surface area contributed by atoms with E-state index in [0.29, 0.717) is 5.54 Å². The minimum Gasteiger partial charge on any atom is -0.355 e. The van der Waals surface area contributed by atoms with E-state index in [9.17, 15) is 0 Å². The molecule has 7 nitrogen and oxygen atoms in total. The van der Waals surface area contributed by atoms with Gasteiger partial charge >= 0.3 is 0 Å². The maximum Gasteiger partial charge on any atom is 0.191 e. The molecule has 1 aliphatic carbocycles. The summed E-state index contributed by atoms with van der Waals surface area (Å²) in [6, 6.07) is 8.36. The van der Waals surface area contributed by atoms with Crippen LogP contribution in [0, 0.1) is 0 Å². The largest absolute Gasteiger partial charge is 0.355 e. The first-order valence-corrected chi connectivity index (χ1v) is 11.4. The lowest BCUT2D eigenvalue weighted by atomic mass is 9.79. The van der Waals surface area contributed by atoms with E-state index in [0.717, 1.165) is 30.4 Å². The quantitative estimate of drug-likeness (QED) is 0.296. The zero-order chi connectivity index (χ0) is 20.7. The fraction of sp³-hybridized carbons (Fsp3) is 0.609. The predicted molar refractivity (Wildman–Crippen MR) is 137 cm³/mol. The van der Waals surface area contributed by atoms with Crippen molar-refractivity contribution in [1.82, 2.24) is 30.7 Å². The molecule has 0 bridgehead atoms. The fourth-order valence-corrected chi connectivity index (χ4v) is 5.01. The van der Waals surface area contributed by atoms with E-state index >= 15 is 0 Å². The molecular weight excluding hydrogens is 501 g/mol. The van der Waals surface area contributed by atoms with Crippen molar-refractivity contribution in [2.45, 2.75) is 63.5 Å². The van der Waals surface area contributed by atoms with Crippen molar-refractivity contribution in [3.63, 3.8) is 0 Å². The van der Waals surface area contributed by atoms with E-state index in [-0.39, 0.29) is 24.0 Å². The highest BCUT2D eigenvalue weighted by atomic mass is 127. The lowest BCUT2D eigenvalue weighted by molar-refractivity contribution is 0.0368. The van der Waals surface area contributed by atoms with Crippen LogP contribution >= 0.6 is 24.0 Å². The Morgan fingerprint density at radius 1 is 1.10 bits per heavy atom. The van der Waals surface area contributed by atoms with Crippen molar-refractivity contribution in [2.75, 3.05) is 26.7 Å². The number of hydrogen-bond acceptors (Lipinski definition) is 4. The summed E-state index contributed by atoms with van der Waals surface area (Å²) >= 11 is 0. The number of benzene rings is 1. The van der Waals surface area contributed by atoms with E-state index in [4.69, 9.17) is 0 Å². The average molecular weight is 537 g/mol. The van der Waals surface area contributed by atoms with Crippen molar-refractivity contribution >= 4 is 29.9 Å². The van der Waals surface area contributed by atoms with Crippen LogP contribution in [0.4, 0.5) is 0 Å². The second-order valence-corrected chi connectivity index (χ2v) is 8.65. The van der Waals surface area contributed by atoms with Crippen molar-refractivity contribution in [3.05, 3.63) is 36.2 Å². The third kappa shape index (κ3) is 6.19. The van der Waals surface area contributed by atoms with Gasteiger partial charge in [0, 0.05) is 31.2 Å². The minimum atomic E-state index is 0. The van der Waals surface area contributed by atoms with Gasteiger partial charge < -0.3 is 10.6 Å². The predicted octanol–water partition coefficient (Wildman–Crippen LogP) is 3.94. The van der Waals surface area contributed by atoms with E-state index in [2.05, 4.69) is 53.9 Å². The third-order valence-electron chi connectivity index (χ3n) is 6.70. The van der Waals surface area contributed by atoms with Crippen LogP contribution in [0.1, 0.15) is 56.9 Å². The summed E-state index contributed by atoms with van der Waals surface area (Å²) in [5, 5.41) is 14.0. The lowest BCUT2D eigenvalue weighted by Gasteiger charge is -2.48. The van der Waals surface area contributed by atoms with Crippen LogP contribution in [0.3, 0.4) is 0 Å². The lowest BCUT2D eigenvalue weighted by Crippen LogP contribution is -2.59. The first-order chi connectivity index (χ1) is 14.8. The molecule has 2 aliphatic rings. The molecule has 4 rings (SSSR count). The van der Waals surface area contributed by atoms with Gasteiger partial charge in [-0.25, -0.2) is 4.98 Å². The van der Waals surface area contributed by atoms with Gasteiger partial charge in [0.1, 0.15) is 6.33 Å². The van der Waals surface area contributed by atoms with Gasteiger partial charge in [-0.3, -0.25) is 15.0 Å². The van der Waals surface area contributed by atoms with Crippen LogP contribution in [0.25, 0.3) is 11.4 Å². The molecule has 31 heavy (non-hydrogen) atoms. The molecule has 8 heteroatoms. The number of nitrogens with one attached hydrogen (secondary N) is 3. The van der Waals surface area contributed by atoms with Gasteiger partial charge in [-0.1, -0.05) is 43.9 Å². The normalized spacial score (nSPS) is 19.5. The number of guanidine groups is 1. The van der Waals surface area contributed by atoms with E-state index in [1.807, 2.05) is 13.1 Å². The number of piperidine rings is 1. The number of halogens is 1. The number of aliphatic imine (C=N–C) groups is 1. The molecule has 170 valence electrons. The molecule has 1 aliphatic heterocycles. The summed E-state index contributed by atoms with van der Waals surface area (Å²) < 4.78 is 0. The summed E-state index contributed by atoms with van der Waals surface area (Å²) in [5.41, 5.74) is 2.53. The summed E-state index contributed by atoms with van der Waals surface area (Å²) in [6.45, 7) is 4.20. The van der Waals surface area contributed by atoms with Crippen LogP contribution in [0.15, 0.2) is 35.6 Å². The van der Waals surface area contributed by atoms with E-state index < -0.39 is 0 Å². The maximum absolute atomic E-state index is 4.48. The van der Waals surface area contributed by atoms with Gasteiger partial charge in [0.15, 0.2) is 11.8 Å². The first kappa shape index (κ1) is 24.0. The monoisotopic (exact) mass is 537 g/mol. The summed E-state index contributed by atoms with van der Waals surface area (Å²) in [4.78, 5) is 11.5. The van der Waals surface area contributed by atoms with Crippen molar-refractivity contribution in [1.29, 1.82) is 0 Å². The molecule has 0 spiro atoms. The van der Waals surface area contributed by atoms with Gasteiger partial charge in [-0.2, -0.15) is 5.10 Å². The molecule has 1 saturated carbocycles. The Hall–Kier alpha value is -1.68. The molecular formula is C23H36IN7. The van der Waals surface area contributed by atoms with Gasteiger partial charge in [0.05, 0.1) is 0 Å². The van der Waals surface area contributed by atoms with Gasteiger partial charge in [0.25, 0.3) is 0 Å². The van der Waals surface area contributed by atoms with Gasteiger partial charge in [-0.05, 0) is 50.4 Å². The smallest absolute Gasteiger partial charge is 0.191 e. The summed E-state index contributed by atoms with van der Waals surface area (Å²) in [7, 11) is 1.86. The standard InChI is InChI=1S/C23H35N7.HI/c1-24-22(25-16-19-9-8-10-20(15-19)21-27-18-28-29-21)26-17-23(11-4-2-5-12-23)30-13-6-3-7-14-30;/h8-10,15,18H,2-7,11-14,16-17H2,1H3,(H2,24,25,26)(H,27,28,29);1H. The first-order valence-electron chi connectivity index (χ1n) is 11.4. The van der Waals surface area contributed by atoms with Crippen LogP contribution < -0.4 is 10.6 Å². The number of likely N-dealkylation sites (tertiary alicyclic amines) is 1. The van der Waals surface area contributed by atoms with Crippen LogP contribution in [-0.4, -0.2) is 58.3 Å². The molecule has 3 N–H and O–H groups in total. The zero-order valence-electron chi connectivity index (χ0n) is 18.6. The van der Waals surface area contributed by atoms with Crippen LogP contribution in [-0.2, 0) is 6.54 Å². The number of H-pyrrole nitrogens is 1. The molecule has 0 unspecified atom stereocenters. The number of aromatic amines is 1. The van der Waals surface area contributed by atoms with E-state index in [1.54, 1.807) is 0 Å². The van der Waals surface area contributed by atoms with Crippen LogP contribution in [0.5, 0.6) is 0 Å². The van der Waals surface area contributed by atoms with Crippen molar-refractivity contribution in [2.24, 2.45) is 4.99 Å². The molecule has 1 aromatic carbocycles. The van der Waals surface area contributed by atoms with Crippen molar-refractivity contribution in [3.8, 4) is 11.4 Å². The second kappa shape index (κ2) is 11.8. The number of nitrogens with zero attached hydrogens (tertiary/aromatic N) is 4. The van der Waals surface area contributed by atoms with E-state index in [1.165, 1.54) is 76.3 Å². The molecule has 1 aromatic heterocycles. The molecule has 1 saturated heterocycles. The topological polar surface area (TPSA) is 81.2 Å². The Labute approximate surface area is 202 Å². The molecule has 2 heterocycles. The average Bonchev–Trinajstić information content (AvgIpc) is 3.36. The molecule has 0 amide bonds. The van der Waals surface area contributed by atoms with Crippen molar-refractivity contribution < 1.29 is 0 Å². The molecule has 2 fully saturated rings.